The van der Waals surface area contributed by atoms with Crippen molar-refractivity contribution < 1.29 is 14.6 Å². The van der Waals surface area contributed by atoms with Crippen LogP contribution in [0.3, 0.4) is 0 Å². The molecule has 0 aliphatic heterocycles. The number of rotatable bonds is 3. The van der Waals surface area contributed by atoms with E-state index in [9.17, 15) is 5.11 Å². The first-order chi connectivity index (χ1) is 8.63. The van der Waals surface area contributed by atoms with Crippen molar-refractivity contribution in [1.82, 2.24) is 0 Å². The van der Waals surface area contributed by atoms with Crippen LogP contribution >= 0.6 is 11.6 Å². The zero-order valence-corrected chi connectivity index (χ0v) is 10.9. The Balaban J connectivity index is 2.60. The van der Waals surface area contributed by atoms with Gasteiger partial charge in [0, 0.05) is 10.6 Å². The molecule has 0 fully saturated rings. The Hall–Kier alpha value is -1.87. The summed E-state index contributed by atoms with van der Waals surface area (Å²) in [5.41, 5.74) is 1.59. The fraction of sp³-hybridized carbons (Fsp3) is 0.143. The van der Waals surface area contributed by atoms with E-state index in [1.165, 1.54) is 6.07 Å². The molecule has 94 valence electrons. The summed E-state index contributed by atoms with van der Waals surface area (Å²) < 4.78 is 10.5. The number of hydrogen-bond acceptors (Lipinski definition) is 3. The third kappa shape index (κ3) is 2.51. The Morgan fingerprint density at radius 3 is 2.39 bits per heavy atom. The standard InChI is InChI=1S/C14H13ClO3/c1-17-12-3-4-14(18-2)13(8-12)9-5-10(15)7-11(16)6-9/h3-8,16H,1-2H3. The lowest BCUT2D eigenvalue weighted by Crippen LogP contribution is -1.90. The van der Waals surface area contributed by atoms with Gasteiger partial charge in [0.1, 0.15) is 17.2 Å². The molecule has 0 aromatic heterocycles. The van der Waals surface area contributed by atoms with Gasteiger partial charge in [0.25, 0.3) is 0 Å². The summed E-state index contributed by atoms with van der Waals surface area (Å²) in [5.74, 6) is 1.52. The molecule has 0 spiro atoms. The fourth-order valence-electron chi connectivity index (χ4n) is 1.77. The van der Waals surface area contributed by atoms with Crippen LogP contribution in [0.4, 0.5) is 0 Å². The topological polar surface area (TPSA) is 38.7 Å². The van der Waals surface area contributed by atoms with Gasteiger partial charge in [-0.05, 0) is 42.0 Å². The Labute approximate surface area is 111 Å². The van der Waals surface area contributed by atoms with Crippen LogP contribution in [0.15, 0.2) is 36.4 Å². The van der Waals surface area contributed by atoms with Crippen LogP contribution in [-0.2, 0) is 0 Å². The van der Waals surface area contributed by atoms with Crippen molar-refractivity contribution in [2.75, 3.05) is 14.2 Å². The van der Waals surface area contributed by atoms with Gasteiger partial charge in [0.05, 0.1) is 14.2 Å². The van der Waals surface area contributed by atoms with Gasteiger partial charge in [0.15, 0.2) is 0 Å². The van der Waals surface area contributed by atoms with Crippen LogP contribution in [0.2, 0.25) is 5.02 Å². The second kappa shape index (κ2) is 5.19. The Bertz CT molecular complexity index is 547. The van der Waals surface area contributed by atoms with Gasteiger partial charge in [-0.1, -0.05) is 11.6 Å². The molecular weight excluding hydrogens is 252 g/mol. The highest BCUT2D eigenvalue weighted by Gasteiger charge is 2.09. The van der Waals surface area contributed by atoms with Gasteiger partial charge in [-0.25, -0.2) is 0 Å². The van der Waals surface area contributed by atoms with Crippen molar-refractivity contribution in [3.63, 3.8) is 0 Å². The molecule has 0 radical (unpaired) electrons. The maximum atomic E-state index is 9.59. The first kappa shape index (κ1) is 12.6. The number of benzene rings is 2. The zero-order chi connectivity index (χ0) is 13.1. The van der Waals surface area contributed by atoms with Crippen molar-refractivity contribution in [2.24, 2.45) is 0 Å². The summed E-state index contributed by atoms with van der Waals surface area (Å²) in [6.45, 7) is 0. The second-order valence-electron chi connectivity index (χ2n) is 3.76. The summed E-state index contributed by atoms with van der Waals surface area (Å²) in [6.07, 6.45) is 0. The summed E-state index contributed by atoms with van der Waals surface area (Å²) in [4.78, 5) is 0. The first-order valence-electron chi connectivity index (χ1n) is 5.36. The zero-order valence-electron chi connectivity index (χ0n) is 10.1. The minimum absolute atomic E-state index is 0.113. The number of methoxy groups -OCH3 is 2. The normalized spacial score (nSPS) is 10.2. The number of halogens is 1. The average molecular weight is 265 g/mol. The van der Waals surface area contributed by atoms with E-state index in [1.54, 1.807) is 26.4 Å². The molecule has 0 saturated heterocycles. The van der Waals surface area contributed by atoms with E-state index in [4.69, 9.17) is 21.1 Å². The summed E-state index contributed by atoms with van der Waals surface area (Å²) in [6, 6.07) is 10.3. The highest BCUT2D eigenvalue weighted by molar-refractivity contribution is 6.31. The lowest BCUT2D eigenvalue weighted by Gasteiger charge is -2.11. The largest absolute Gasteiger partial charge is 0.508 e. The van der Waals surface area contributed by atoms with Crippen molar-refractivity contribution in [3.05, 3.63) is 41.4 Å². The molecular formula is C14H13ClO3. The highest BCUT2D eigenvalue weighted by Crippen LogP contribution is 2.36. The molecule has 0 aliphatic rings. The van der Waals surface area contributed by atoms with Gasteiger partial charge in [0.2, 0.25) is 0 Å². The van der Waals surface area contributed by atoms with Crippen LogP contribution in [0, 0.1) is 0 Å². The average Bonchev–Trinajstić information content (AvgIpc) is 2.36. The number of phenolic OH excluding ortho intramolecular Hbond substituents is 1. The molecule has 18 heavy (non-hydrogen) atoms. The molecule has 0 unspecified atom stereocenters. The van der Waals surface area contributed by atoms with Crippen molar-refractivity contribution in [2.45, 2.75) is 0 Å². The molecule has 2 aromatic rings. The minimum atomic E-state index is 0.113. The molecule has 3 nitrogen and oxygen atoms in total. The van der Waals surface area contributed by atoms with Gasteiger partial charge >= 0.3 is 0 Å². The van der Waals surface area contributed by atoms with E-state index in [-0.39, 0.29) is 5.75 Å². The molecule has 0 amide bonds. The van der Waals surface area contributed by atoms with Gasteiger partial charge in [-0.15, -0.1) is 0 Å². The monoisotopic (exact) mass is 264 g/mol. The highest BCUT2D eigenvalue weighted by atomic mass is 35.5. The van der Waals surface area contributed by atoms with E-state index in [2.05, 4.69) is 0 Å². The van der Waals surface area contributed by atoms with Crippen molar-refractivity contribution in [3.8, 4) is 28.4 Å². The molecule has 0 atom stereocenters. The lowest BCUT2D eigenvalue weighted by molar-refractivity contribution is 0.404. The maximum absolute atomic E-state index is 9.59. The van der Waals surface area contributed by atoms with E-state index in [0.717, 1.165) is 11.1 Å². The molecule has 0 bridgehead atoms. The number of aromatic hydroxyl groups is 1. The van der Waals surface area contributed by atoms with Crippen LogP contribution in [0.1, 0.15) is 0 Å². The van der Waals surface area contributed by atoms with Gasteiger partial charge in [-0.3, -0.25) is 0 Å². The SMILES string of the molecule is COc1ccc(OC)c(-c2cc(O)cc(Cl)c2)c1. The van der Waals surface area contributed by atoms with Crippen LogP contribution in [0.5, 0.6) is 17.2 Å². The number of phenols is 1. The Morgan fingerprint density at radius 2 is 1.78 bits per heavy atom. The summed E-state index contributed by atoms with van der Waals surface area (Å²) in [5, 5.41) is 10.1. The molecule has 1 N–H and O–H groups in total. The second-order valence-corrected chi connectivity index (χ2v) is 4.20. The van der Waals surface area contributed by atoms with E-state index in [0.29, 0.717) is 16.5 Å². The fourth-order valence-corrected chi connectivity index (χ4v) is 2.00. The van der Waals surface area contributed by atoms with E-state index in [1.807, 2.05) is 18.2 Å². The molecule has 0 saturated carbocycles. The number of hydrogen-bond donors (Lipinski definition) is 1. The summed E-state index contributed by atoms with van der Waals surface area (Å²) in [7, 11) is 3.19. The quantitative estimate of drug-likeness (QED) is 0.918. The van der Waals surface area contributed by atoms with Crippen molar-refractivity contribution in [1.29, 1.82) is 0 Å². The van der Waals surface area contributed by atoms with E-state index >= 15 is 0 Å². The lowest BCUT2D eigenvalue weighted by atomic mass is 10.0. The van der Waals surface area contributed by atoms with E-state index < -0.39 is 0 Å². The van der Waals surface area contributed by atoms with Crippen molar-refractivity contribution >= 4 is 11.6 Å². The molecule has 4 heteroatoms. The van der Waals surface area contributed by atoms with Crippen LogP contribution < -0.4 is 9.47 Å². The third-order valence-electron chi connectivity index (χ3n) is 2.60. The Kier molecular flexibility index (Phi) is 3.63. The molecule has 2 rings (SSSR count). The van der Waals surface area contributed by atoms with Crippen LogP contribution in [-0.4, -0.2) is 19.3 Å². The van der Waals surface area contributed by atoms with Crippen LogP contribution in [0.25, 0.3) is 11.1 Å². The predicted molar refractivity (Wildman–Crippen MR) is 71.7 cm³/mol. The third-order valence-corrected chi connectivity index (χ3v) is 2.82. The molecule has 0 aliphatic carbocycles. The molecule has 2 aromatic carbocycles. The smallest absolute Gasteiger partial charge is 0.126 e. The Morgan fingerprint density at radius 1 is 1.00 bits per heavy atom. The molecule has 0 heterocycles. The summed E-state index contributed by atoms with van der Waals surface area (Å²) >= 11 is 5.94. The number of ether oxygens (including phenoxy) is 2. The van der Waals surface area contributed by atoms with Gasteiger partial charge in [-0.2, -0.15) is 0 Å². The first-order valence-corrected chi connectivity index (χ1v) is 5.74. The van der Waals surface area contributed by atoms with Gasteiger partial charge < -0.3 is 14.6 Å². The minimum Gasteiger partial charge on any atom is -0.508 e. The predicted octanol–water partition coefficient (Wildman–Crippen LogP) is 3.73. The maximum Gasteiger partial charge on any atom is 0.126 e.